The van der Waals surface area contributed by atoms with Gasteiger partial charge in [-0.05, 0) is 42.4 Å². The molecular weight excluding hydrogens is 262 g/mol. The van der Waals surface area contributed by atoms with Crippen molar-refractivity contribution in [3.8, 4) is 0 Å². The molecule has 1 aliphatic rings. The van der Waals surface area contributed by atoms with Gasteiger partial charge in [-0.3, -0.25) is 4.79 Å². The smallest absolute Gasteiger partial charge is 0.223 e. The van der Waals surface area contributed by atoms with E-state index in [1.807, 2.05) is 31.2 Å². The first-order valence-electron chi connectivity index (χ1n) is 6.76. The van der Waals surface area contributed by atoms with Crippen molar-refractivity contribution in [2.75, 3.05) is 13.2 Å². The molecule has 1 aliphatic carbocycles. The number of carbonyl (C=O) groups is 1. The van der Waals surface area contributed by atoms with Gasteiger partial charge in [0, 0.05) is 24.1 Å². The molecule has 3 atom stereocenters. The van der Waals surface area contributed by atoms with Crippen LogP contribution in [0.3, 0.4) is 0 Å². The van der Waals surface area contributed by atoms with E-state index >= 15 is 0 Å². The topological polar surface area (TPSA) is 49.3 Å². The van der Waals surface area contributed by atoms with E-state index < -0.39 is 0 Å². The molecule has 2 N–H and O–H groups in total. The van der Waals surface area contributed by atoms with E-state index in [0.717, 1.165) is 17.9 Å². The number of aliphatic hydroxyl groups excluding tert-OH is 1. The molecule has 0 aromatic heterocycles. The Labute approximate surface area is 119 Å². The lowest BCUT2D eigenvalue weighted by molar-refractivity contribution is -0.122. The summed E-state index contributed by atoms with van der Waals surface area (Å²) in [5.41, 5.74) is 1.19. The van der Waals surface area contributed by atoms with Crippen molar-refractivity contribution in [3.63, 3.8) is 0 Å². The molecule has 1 fully saturated rings. The second kappa shape index (κ2) is 6.40. The Morgan fingerprint density at radius 3 is 2.79 bits per heavy atom. The number of nitrogens with one attached hydrogen (secondary N) is 1. The average Bonchev–Trinajstić information content (AvgIpc) is 3.17. The number of hydrogen-bond donors (Lipinski definition) is 2. The zero-order chi connectivity index (χ0) is 13.8. The summed E-state index contributed by atoms with van der Waals surface area (Å²) >= 11 is 5.85. The van der Waals surface area contributed by atoms with Gasteiger partial charge in [-0.1, -0.05) is 30.7 Å². The Hall–Kier alpha value is -1.06. The van der Waals surface area contributed by atoms with Crippen molar-refractivity contribution >= 4 is 17.5 Å². The molecule has 0 saturated heterocycles. The van der Waals surface area contributed by atoms with Crippen LogP contribution in [-0.4, -0.2) is 24.2 Å². The molecule has 1 amide bonds. The Kier molecular flexibility index (Phi) is 4.83. The lowest BCUT2D eigenvalue weighted by Gasteiger charge is -2.11. The predicted octanol–water partition coefficient (Wildman–Crippen LogP) is 2.58. The summed E-state index contributed by atoms with van der Waals surface area (Å²) in [5, 5.41) is 12.5. The standard InChI is InChI=1S/C15H20ClNO2/c1-10(6-7-18)9-17-15(19)14-8-13(14)11-2-4-12(16)5-3-11/h2-5,10,13-14,18H,6-9H2,1H3,(H,17,19). The number of hydrogen-bond acceptors (Lipinski definition) is 2. The van der Waals surface area contributed by atoms with Crippen LogP contribution in [0.15, 0.2) is 24.3 Å². The third-order valence-corrected chi connectivity index (χ3v) is 3.92. The maximum absolute atomic E-state index is 12.0. The lowest BCUT2D eigenvalue weighted by atomic mass is 10.1. The van der Waals surface area contributed by atoms with E-state index in [1.54, 1.807) is 0 Å². The second-order valence-electron chi connectivity index (χ2n) is 5.36. The van der Waals surface area contributed by atoms with Crippen molar-refractivity contribution in [2.45, 2.75) is 25.7 Å². The van der Waals surface area contributed by atoms with Crippen molar-refractivity contribution < 1.29 is 9.90 Å². The third-order valence-electron chi connectivity index (χ3n) is 3.67. The molecule has 2 rings (SSSR count). The second-order valence-corrected chi connectivity index (χ2v) is 5.80. The van der Waals surface area contributed by atoms with E-state index in [2.05, 4.69) is 5.32 Å². The van der Waals surface area contributed by atoms with E-state index in [4.69, 9.17) is 16.7 Å². The molecule has 1 aromatic carbocycles. The molecule has 1 saturated carbocycles. The third kappa shape index (κ3) is 3.95. The van der Waals surface area contributed by atoms with Crippen LogP contribution in [0.25, 0.3) is 0 Å². The molecule has 19 heavy (non-hydrogen) atoms. The normalized spacial score (nSPS) is 22.9. The van der Waals surface area contributed by atoms with Gasteiger partial charge in [0.2, 0.25) is 5.91 Å². The molecule has 0 aliphatic heterocycles. The Balaban J connectivity index is 1.79. The quantitative estimate of drug-likeness (QED) is 0.842. The molecule has 0 spiro atoms. The SMILES string of the molecule is CC(CCO)CNC(=O)C1CC1c1ccc(Cl)cc1. The van der Waals surface area contributed by atoms with Crippen molar-refractivity contribution in [3.05, 3.63) is 34.9 Å². The summed E-state index contributed by atoms with van der Waals surface area (Å²) < 4.78 is 0. The molecule has 3 nitrogen and oxygen atoms in total. The van der Waals surface area contributed by atoms with Crippen LogP contribution in [0, 0.1) is 11.8 Å². The van der Waals surface area contributed by atoms with Gasteiger partial charge in [0.25, 0.3) is 0 Å². The monoisotopic (exact) mass is 281 g/mol. The van der Waals surface area contributed by atoms with Gasteiger partial charge in [-0.25, -0.2) is 0 Å². The summed E-state index contributed by atoms with van der Waals surface area (Å²) in [6.45, 7) is 2.84. The van der Waals surface area contributed by atoms with Gasteiger partial charge >= 0.3 is 0 Å². The highest BCUT2D eigenvalue weighted by Crippen LogP contribution is 2.47. The van der Waals surface area contributed by atoms with Crippen LogP contribution >= 0.6 is 11.6 Å². The van der Waals surface area contributed by atoms with Crippen molar-refractivity contribution in [1.82, 2.24) is 5.32 Å². The summed E-state index contributed by atoms with van der Waals surface area (Å²) in [6.07, 6.45) is 1.65. The number of halogens is 1. The first kappa shape index (κ1) is 14.4. The first-order valence-corrected chi connectivity index (χ1v) is 7.13. The molecule has 0 bridgehead atoms. The van der Waals surface area contributed by atoms with Crippen LogP contribution in [-0.2, 0) is 4.79 Å². The Morgan fingerprint density at radius 2 is 2.16 bits per heavy atom. The highest BCUT2D eigenvalue weighted by molar-refractivity contribution is 6.30. The van der Waals surface area contributed by atoms with Crippen LogP contribution in [0.2, 0.25) is 5.02 Å². The first-order chi connectivity index (χ1) is 9.11. The molecule has 104 valence electrons. The van der Waals surface area contributed by atoms with E-state index in [9.17, 15) is 4.79 Å². The molecule has 0 heterocycles. The maximum atomic E-state index is 12.0. The van der Waals surface area contributed by atoms with Gasteiger partial charge in [-0.2, -0.15) is 0 Å². The fourth-order valence-corrected chi connectivity index (χ4v) is 2.42. The molecule has 0 radical (unpaired) electrons. The van der Waals surface area contributed by atoms with Crippen LogP contribution < -0.4 is 5.32 Å². The summed E-state index contributed by atoms with van der Waals surface area (Å²) in [6, 6.07) is 7.73. The van der Waals surface area contributed by atoms with E-state index in [1.165, 1.54) is 5.56 Å². The minimum absolute atomic E-state index is 0.0995. The number of aliphatic hydroxyl groups is 1. The molecule has 1 aromatic rings. The van der Waals surface area contributed by atoms with Gasteiger partial charge in [0.1, 0.15) is 0 Å². The summed E-state index contributed by atoms with van der Waals surface area (Å²) in [5.74, 6) is 0.888. The number of carbonyl (C=O) groups excluding carboxylic acids is 1. The minimum atomic E-state index is 0.0995. The summed E-state index contributed by atoms with van der Waals surface area (Å²) in [7, 11) is 0. The molecular formula is C15H20ClNO2. The minimum Gasteiger partial charge on any atom is -0.396 e. The highest BCUT2D eigenvalue weighted by Gasteiger charge is 2.43. The van der Waals surface area contributed by atoms with Crippen molar-refractivity contribution in [1.29, 1.82) is 0 Å². The predicted molar refractivity (Wildman–Crippen MR) is 76.2 cm³/mol. The van der Waals surface area contributed by atoms with E-state index in [0.29, 0.717) is 18.4 Å². The lowest BCUT2D eigenvalue weighted by Crippen LogP contribution is -2.30. The average molecular weight is 282 g/mol. The van der Waals surface area contributed by atoms with Crippen molar-refractivity contribution in [2.24, 2.45) is 11.8 Å². The zero-order valence-electron chi connectivity index (χ0n) is 11.1. The Morgan fingerprint density at radius 1 is 1.47 bits per heavy atom. The van der Waals surface area contributed by atoms with Gasteiger partial charge in [0.05, 0.1) is 0 Å². The fraction of sp³-hybridized carbons (Fsp3) is 0.533. The number of rotatable bonds is 6. The van der Waals surface area contributed by atoms with Gasteiger partial charge < -0.3 is 10.4 Å². The largest absolute Gasteiger partial charge is 0.396 e. The fourth-order valence-electron chi connectivity index (χ4n) is 2.29. The highest BCUT2D eigenvalue weighted by atomic mass is 35.5. The van der Waals surface area contributed by atoms with Gasteiger partial charge in [0.15, 0.2) is 0 Å². The Bertz CT molecular complexity index is 432. The van der Waals surface area contributed by atoms with Crippen LogP contribution in [0.4, 0.5) is 0 Å². The zero-order valence-corrected chi connectivity index (χ0v) is 11.9. The number of amides is 1. The van der Waals surface area contributed by atoms with Crippen LogP contribution in [0.1, 0.15) is 31.2 Å². The van der Waals surface area contributed by atoms with E-state index in [-0.39, 0.29) is 18.4 Å². The maximum Gasteiger partial charge on any atom is 0.223 e. The van der Waals surface area contributed by atoms with Gasteiger partial charge in [-0.15, -0.1) is 0 Å². The molecule has 3 unspecified atom stereocenters. The molecule has 4 heteroatoms. The van der Waals surface area contributed by atoms with Crippen LogP contribution in [0.5, 0.6) is 0 Å². The summed E-state index contributed by atoms with van der Waals surface area (Å²) in [4.78, 5) is 12.0. The number of benzene rings is 1.